The third-order valence-corrected chi connectivity index (χ3v) is 4.46. The van der Waals surface area contributed by atoms with Crippen molar-refractivity contribution >= 4 is 46.0 Å². The average Bonchev–Trinajstić information content (AvgIpc) is 2.63. The predicted octanol–water partition coefficient (Wildman–Crippen LogP) is 6.52. The molecule has 29 heavy (non-hydrogen) atoms. The summed E-state index contributed by atoms with van der Waals surface area (Å²) < 4.78 is 55.2. The van der Waals surface area contributed by atoms with Crippen molar-refractivity contribution in [3.63, 3.8) is 0 Å². The first-order valence-corrected chi connectivity index (χ1v) is 8.60. The van der Waals surface area contributed by atoms with Crippen molar-refractivity contribution in [3.05, 3.63) is 65.9 Å². The third-order valence-electron chi connectivity index (χ3n) is 3.81. The van der Waals surface area contributed by atoms with Gasteiger partial charge in [-0.05, 0) is 18.6 Å². The van der Waals surface area contributed by atoms with Crippen LogP contribution in [0.25, 0.3) is 0 Å². The van der Waals surface area contributed by atoms with E-state index < -0.39 is 54.5 Å². The minimum Gasteiger partial charge on any atom is -0.334 e. The zero-order chi connectivity index (χ0) is 22.1. The molecule has 13 heteroatoms. The first kappa shape index (κ1) is 22.6. The van der Waals surface area contributed by atoms with Gasteiger partial charge in [-0.1, -0.05) is 30.1 Å². The summed E-state index contributed by atoms with van der Waals surface area (Å²) in [6, 6.07) is 2.73. The highest BCUT2D eigenvalue weighted by molar-refractivity contribution is 6.36. The number of benzene rings is 2. The van der Waals surface area contributed by atoms with Gasteiger partial charge in [0.25, 0.3) is 11.4 Å². The molecule has 0 aliphatic heterocycles. The number of non-ortho nitro benzene ring substituents is 1. The predicted molar refractivity (Wildman–Crippen MR) is 98.5 cm³/mol. The lowest BCUT2D eigenvalue weighted by atomic mass is 10.1. The topological polar surface area (TPSA) is 89.5 Å². The summed E-state index contributed by atoms with van der Waals surface area (Å²) in [5, 5.41) is 21.4. The SMILES string of the molecule is CCCN(c1ccc(Cl)c(F)c1Cl)c1c([N+](=O)[O-])cc([N+](=O)[O-])cc1C(F)(F)F. The van der Waals surface area contributed by atoms with Crippen LogP contribution < -0.4 is 4.90 Å². The summed E-state index contributed by atoms with van der Waals surface area (Å²) in [6.45, 7) is 1.33. The summed E-state index contributed by atoms with van der Waals surface area (Å²) >= 11 is 11.5. The highest BCUT2D eigenvalue weighted by Crippen LogP contribution is 2.48. The molecule has 0 spiro atoms. The number of hydrogen-bond donors (Lipinski definition) is 0. The van der Waals surface area contributed by atoms with Gasteiger partial charge in [-0.2, -0.15) is 13.2 Å². The van der Waals surface area contributed by atoms with Crippen LogP contribution in [0, 0.1) is 26.0 Å². The Bertz CT molecular complexity index is 986. The molecule has 0 heterocycles. The molecule has 2 aromatic carbocycles. The molecule has 156 valence electrons. The lowest BCUT2D eigenvalue weighted by Crippen LogP contribution is -2.24. The van der Waals surface area contributed by atoms with Gasteiger partial charge in [0.05, 0.1) is 32.2 Å². The molecule has 0 bridgehead atoms. The van der Waals surface area contributed by atoms with Crippen molar-refractivity contribution in [1.82, 2.24) is 0 Å². The standard InChI is InChI=1S/C16H11Cl2F4N3O4/c1-2-5-23(11-4-3-10(17)14(19)13(11)18)15-9(16(20,21)22)6-8(24(26)27)7-12(15)25(28)29/h3-4,6-7H,2,5H2,1H3. The van der Waals surface area contributed by atoms with E-state index in [1.165, 1.54) is 0 Å². The van der Waals surface area contributed by atoms with E-state index in [1.807, 2.05) is 0 Å². The van der Waals surface area contributed by atoms with Crippen molar-refractivity contribution in [2.24, 2.45) is 0 Å². The molecule has 0 atom stereocenters. The molecule has 2 aromatic rings. The van der Waals surface area contributed by atoms with Gasteiger partial charge in [0, 0.05) is 12.6 Å². The molecule has 0 saturated heterocycles. The van der Waals surface area contributed by atoms with Crippen LogP contribution >= 0.6 is 23.2 Å². The second kappa shape index (κ2) is 8.37. The first-order valence-electron chi connectivity index (χ1n) is 7.85. The normalized spacial score (nSPS) is 11.4. The van der Waals surface area contributed by atoms with E-state index in [-0.39, 0.29) is 24.7 Å². The molecule has 0 unspecified atom stereocenters. The molecule has 7 nitrogen and oxygen atoms in total. The van der Waals surface area contributed by atoms with Crippen molar-refractivity contribution in [2.45, 2.75) is 19.5 Å². The highest BCUT2D eigenvalue weighted by Gasteiger charge is 2.42. The summed E-state index contributed by atoms with van der Waals surface area (Å²) in [6.07, 6.45) is -5.00. The Balaban J connectivity index is 2.95. The number of nitrogens with zero attached hydrogens (tertiary/aromatic N) is 3. The number of anilines is 2. The van der Waals surface area contributed by atoms with E-state index in [2.05, 4.69) is 0 Å². The minimum absolute atomic E-state index is 0.186. The molecule has 0 aromatic heterocycles. The summed E-state index contributed by atoms with van der Waals surface area (Å²) in [5.41, 5.74) is -5.21. The first-order chi connectivity index (χ1) is 13.4. The van der Waals surface area contributed by atoms with Gasteiger partial charge in [0.1, 0.15) is 10.7 Å². The molecule has 0 radical (unpaired) electrons. The van der Waals surface area contributed by atoms with Gasteiger partial charge in [-0.3, -0.25) is 20.2 Å². The van der Waals surface area contributed by atoms with Gasteiger partial charge < -0.3 is 4.90 Å². The zero-order valence-corrected chi connectivity index (χ0v) is 16.0. The Morgan fingerprint density at radius 1 is 1.10 bits per heavy atom. The van der Waals surface area contributed by atoms with E-state index in [0.29, 0.717) is 6.07 Å². The molecule has 0 N–H and O–H groups in total. The Hall–Kier alpha value is -2.66. The van der Waals surface area contributed by atoms with Crippen LogP contribution in [0.4, 0.5) is 40.3 Å². The van der Waals surface area contributed by atoms with Crippen LogP contribution in [0.3, 0.4) is 0 Å². The Morgan fingerprint density at radius 2 is 1.72 bits per heavy atom. The van der Waals surface area contributed by atoms with E-state index in [0.717, 1.165) is 17.0 Å². The molecule has 0 aliphatic rings. The number of alkyl halides is 3. The van der Waals surface area contributed by atoms with Gasteiger partial charge in [0.15, 0.2) is 5.82 Å². The minimum atomic E-state index is -5.18. The van der Waals surface area contributed by atoms with Gasteiger partial charge in [-0.25, -0.2) is 4.39 Å². The monoisotopic (exact) mass is 455 g/mol. The van der Waals surface area contributed by atoms with E-state index in [1.54, 1.807) is 6.92 Å². The quantitative estimate of drug-likeness (QED) is 0.214. The van der Waals surface area contributed by atoms with E-state index in [4.69, 9.17) is 23.2 Å². The number of nitro benzene ring substituents is 2. The van der Waals surface area contributed by atoms with Crippen molar-refractivity contribution in [1.29, 1.82) is 0 Å². The third kappa shape index (κ3) is 4.51. The fourth-order valence-corrected chi connectivity index (χ4v) is 3.12. The van der Waals surface area contributed by atoms with Crippen LogP contribution in [0.2, 0.25) is 10.0 Å². The second-order valence-electron chi connectivity index (χ2n) is 5.72. The second-order valence-corrected chi connectivity index (χ2v) is 6.50. The van der Waals surface area contributed by atoms with Crippen LogP contribution in [0.5, 0.6) is 0 Å². The fourth-order valence-electron chi connectivity index (χ4n) is 2.65. The van der Waals surface area contributed by atoms with Crippen molar-refractivity contribution in [3.8, 4) is 0 Å². The summed E-state index contributed by atoms with van der Waals surface area (Å²) in [4.78, 5) is 20.9. The van der Waals surface area contributed by atoms with Gasteiger partial charge >= 0.3 is 6.18 Å². The Labute approximate surface area is 170 Å². The van der Waals surface area contributed by atoms with Crippen molar-refractivity contribution < 1.29 is 27.4 Å². The lowest BCUT2D eigenvalue weighted by molar-refractivity contribution is -0.394. The largest absolute Gasteiger partial charge is 0.418 e. The molecular weight excluding hydrogens is 445 g/mol. The van der Waals surface area contributed by atoms with Crippen LogP contribution in [-0.2, 0) is 6.18 Å². The molecular formula is C16H11Cl2F4N3O4. The van der Waals surface area contributed by atoms with Crippen LogP contribution in [-0.4, -0.2) is 16.4 Å². The number of hydrogen-bond acceptors (Lipinski definition) is 5. The highest BCUT2D eigenvalue weighted by atomic mass is 35.5. The van der Waals surface area contributed by atoms with Crippen molar-refractivity contribution in [2.75, 3.05) is 11.4 Å². The molecule has 2 rings (SSSR count). The zero-order valence-electron chi connectivity index (χ0n) is 14.5. The lowest BCUT2D eigenvalue weighted by Gasteiger charge is -2.28. The molecule has 0 aliphatic carbocycles. The Kier molecular flexibility index (Phi) is 6.53. The summed E-state index contributed by atoms with van der Waals surface area (Å²) in [7, 11) is 0. The van der Waals surface area contributed by atoms with Gasteiger partial charge in [-0.15, -0.1) is 0 Å². The average molecular weight is 456 g/mol. The number of nitro groups is 2. The maximum absolute atomic E-state index is 14.1. The van der Waals surface area contributed by atoms with E-state index >= 15 is 0 Å². The maximum atomic E-state index is 14.1. The number of halogens is 6. The molecule has 0 fully saturated rings. The smallest absolute Gasteiger partial charge is 0.334 e. The summed E-state index contributed by atoms with van der Waals surface area (Å²) in [5.74, 6) is -1.12. The fraction of sp³-hybridized carbons (Fsp3) is 0.250. The van der Waals surface area contributed by atoms with E-state index in [9.17, 15) is 37.8 Å². The maximum Gasteiger partial charge on any atom is 0.418 e. The Morgan fingerprint density at radius 3 is 2.21 bits per heavy atom. The number of rotatable bonds is 6. The molecule has 0 saturated carbocycles. The van der Waals surface area contributed by atoms with Crippen LogP contribution in [0.15, 0.2) is 24.3 Å². The van der Waals surface area contributed by atoms with Gasteiger partial charge in [0.2, 0.25) is 0 Å². The van der Waals surface area contributed by atoms with Crippen LogP contribution in [0.1, 0.15) is 18.9 Å². The molecule has 0 amide bonds.